The van der Waals surface area contributed by atoms with Crippen molar-refractivity contribution in [2.75, 3.05) is 32.1 Å². The van der Waals surface area contributed by atoms with Crippen molar-refractivity contribution in [3.05, 3.63) is 24.5 Å². The smallest absolute Gasteiger partial charge is 0.322 e. The zero-order valence-corrected chi connectivity index (χ0v) is 13.3. The summed E-state index contributed by atoms with van der Waals surface area (Å²) in [7, 11) is 1.62. The number of aromatic nitrogens is 1. The molecule has 3 rings (SSSR count). The summed E-state index contributed by atoms with van der Waals surface area (Å²) in [5.74, 6) is 0.0342. The highest BCUT2D eigenvalue weighted by Crippen LogP contribution is 2.24. The van der Waals surface area contributed by atoms with Gasteiger partial charge in [-0.25, -0.2) is 4.79 Å². The van der Waals surface area contributed by atoms with Crippen LogP contribution >= 0.6 is 0 Å². The Balaban J connectivity index is 1.71. The van der Waals surface area contributed by atoms with Crippen molar-refractivity contribution in [2.24, 2.45) is 0 Å². The molecule has 0 aromatic carbocycles. The second kappa shape index (κ2) is 6.95. The van der Waals surface area contributed by atoms with Crippen LogP contribution < -0.4 is 5.32 Å². The number of hydrogen-bond acceptors (Lipinski definition) is 4. The largest absolute Gasteiger partial charge is 0.380 e. The number of pyridine rings is 1. The van der Waals surface area contributed by atoms with Gasteiger partial charge in [0.05, 0.1) is 6.10 Å². The second-order valence-corrected chi connectivity index (χ2v) is 5.96. The molecule has 1 aromatic rings. The summed E-state index contributed by atoms with van der Waals surface area (Å²) in [5, 5.41) is 2.82. The van der Waals surface area contributed by atoms with E-state index in [1.54, 1.807) is 36.5 Å². The van der Waals surface area contributed by atoms with Crippen LogP contribution in [0.2, 0.25) is 0 Å². The van der Waals surface area contributed by atoms with E-state index in [9.17, 15) is 9.59 Å². The highest BCUT2D eigenvalue weighted by Gasteiger charge is 2.42. The number of carbonyl (C=O) groups excluding carboxylic acids is 2. The summed E-state index contributed by atoms with van der Waals surface area (Å²) < 4.78 is 5.38. The monoisotopic (exact) mass is 318 g/mol. The van der Waals surface area contributed by atoms with Crippen molar-refractivity contribution in [3.63, 3.8) is 0 Å². The van der Waals surface area contributed by atoms with E-state index >= 15 is 0 Å². The molecule has 1 N–H and O–H groups in total. The Labute approximate surface area is 135 Å². The molecule has 2 fully saturated rings. The molecule has 1 aromatic heterocycles. The molecule has 2 atom stereocenters. The van der Waals surface area contributed by atoms with Gasteiger partial charge in [0.15, 0.2) is 0 Å². The number of carbonyl (C=O) groups is 2. The fourth-order valence-electron chi connectivity index (χ4n) is 3.21. The van der Waals surface area contributed by atoms with Gasteiger partial charge in [0, 0.05) is 51.2 Å². The average molecular weight is 318 g/mol. The minimum absolute atomic E-state index is 0.0342. The Morgan fingerprint density at radius 2 is 1.96 bits per heavy atom. The summed E-state index contributed by atoms with van der Waals surface area (Å²) in [6, 6.07) is 2.73. The Morgan fingerprint density at radius 3 is 2.61 bits per heavy atom. The predicted octanol–water partition coefficient (Wildman–Crippen LogP) is 1.33. The summed E-state index contributed by atoms with van der Waals surface area (Å²) >= 11 is 0. The van der Waals surface area contributed by atoms with Crippen LogP contribution in [-0.2, 0) is 9.53 Å². The van der Waals surface area contributed by atoms with Gasteiger partial charge in [-0.15, -0.1) is 0 Å². The molecule has 3 heterocycles. The molecule has 0 bridgehead atoms. The van der Waals surface area contributed by atoms with Crippen LogP contribution in [0.5, 0.6) is 0 Å². The lowest BCUT2D eigenvalue weighted by atomic mass is 10.1. The van der Waals surface area contributed by atoms with E-state index in [4.69, 9.17) is 4.74 Å². The van der Waals surface area contributed by atoms with Crippen LogP contribution in [-0.4, -0.2) is 65.6 Å². The van der Waals surface area contributed by atoms with E-state index in [-0.39, 0.29) is 18.0 Å². The molecule has 0 spiro atoms. The molecule has 2 saturated heterocycles. The number of anilines is 1. The first kappa shape index (κ1) is 15.7. The lowest BCUT2D eigenvalue weighted by molar-refractivity contribution is -0.134. The summed E-state index contributed by atoms with van der Waals surface area (Å²) in [5.41, 5.74) is 0.665. The first-order valence-corrected chi connectivity index (χ1v) is 7.98. The summed E-state index contributed by atoms with van der Waals surface area (Å²) in [6.07, 6.45) is 5.75. The zero-order chi connectivity index (χ0) is 16.2. The predicted molar refractivity (Wildman–Crippen MR) is 85.0 cm³/mol. The fourth-order valence-corrected chi connectivity index (χ4v) is 3.21. The molecule has 0 unspecified atom stereocenters. The van der Waals surface area contributed by atoms with Crippen LogP contribution in [0.1, 0.15) is 19.3 Å². The van der Waals surface area contributed by atoms with Gasteiger partial charge in [-0.3, -0.25) is 9.78 Å². The topological polar surface area (TPSA) is 74.8 Å². The Hall–Kier alpha value is -2.15. The van der Waals surface area contributed by atoms with Gasteiger partial charge >= 0.3 is 6.03 Å². The molecule has 2 aliphatic rings. The van der Waals surface area contributed by atoms with E-state index < -0.39 is 6.04 Å². The molecule has 0 radical (unpaired) electrons. The Morgan fingerprint density at radius 1 is 1.26 bits per heavy atom. The molecule has 7 heteroatoms. The van der Waals surface area contributed by atoms with Crippen LogP contribution in [0, 0.1) is 0 Å². The lowest BCUT2D eigenvalue weighted by Crippen LogP contribution is -2.48. The minimum Gasteiger partial charge on any atom is -0.380 e. The third-order valence-electron chi connectivity index (χ3n) is 4.49. The van der Waals surface area contributed by atoms with Crippen molar-refractivity contribution >= 4 is 17.6 Å². The maximum absolute atomic E-state index is 12.7. The number of nitrogens with zero attached hydrogens (tertiary/aromatic N) is 3. The SMILES string of the molecule is CO[C@H]1C[C@@H](C(=O)N2CCCC2)N(C(=O)Nc2ccncc2)C1. The van der Waals surface area contributed by atoms with Crippen molar-refractivity contribution in [3.8, 4) is 0 Å². The molecule has 124 valence electrons. The van der Waals surface area contributed by atoms with Crippen molar-refractivity contribution in [2.45, 2.75) is 31.4 Å². The van der Waals surface area contributed by atoms with Gasteiger partial charge in [-0.1, -0.05) is 0 Å². The van der Waals surface area contributed by atoms with Gasteiger partial charge in [-0.2, -0.15) is 0 Å². The number of amides is 3. The number of urea groups is 1. The molecule has 2 aliphatic heterocycles. The van der Waals surface area contributed by atoms with Crippen LogP contribution in [0.4, 0.5) is 10.5 Å². The lowest BCUT2D eigenvalue weighted by Gasteiger charge is -2.27. The Bertz CT molecular complexity index is 560. The minimum atomic E-state index is -0.445. The second-order valence-electron chi connectivity index (χ2n) is 5.96. The number of hydrogen-bond donors (Lipinski definition) is 1. The van der Waals surface area contributed by atoms with Crippen molar-refractivity contribution in [1.29, 1.82) is 0 Å². The van der Waals surface area contributed by atoms with Crippen LogP contribution in [0.25, 0.3) is 0 Å². The number of ether oxygens (including phenoxy) is 1. The maximum Gasteiger partial charge on any atom is 0.322 e. The molecule has 0 aliphatic carbocycles. The van der Waals surface area contributed by atoms with Crippen molar-refractivity contribution < 1.29 is 14.3 Å². The van der Waals surface area contributed by atoms with Gasteiger partial charge in [0.1, 0.15) is 6.04 Å². The Kier molecular flexibility index (Phi) is 4.76. The molecule has 3 amide bonds. The van der Waals surface area contributed by atoms with Gasteiger partial charge in [0.2, 0.25) is 5.91 Å². The molecule has 0 saturated carbocycles. The molecule has 7 nitrogen and oxygen atoms in total. The van der Waals surface area contributed by atoms with Crippen LogP contribution in [0.3, 0.4) is 0 Å². The van der Waals surface area contributed by atoms with Gasteiger partial charge in [0.25, 0.3) is 0 Å². The average Bonchev–Trinajstić information content (AvgIpc) is 3.25. The van der Waals surface area contributed by atoms with E-state index in [1.165, 1.54) is 0 Å². The standard InChI is InChI=1S/C16H22N4O3/c1-23-13-10-14(15(21)19-8-2-3-9-19)20(11-13)16(22)18-12-4-6-17-7-5-12/h4-7,13-14H,2-3,8-11H2,1H3,(H,17,18,22)/t13-,14-/m0/s1. The third-order valence-corrected chi connectivity index (χ3v) is 4.49. The van der Waals surface area contributed by atoms with E-state index in [0.717, 1.165) is 25.9 Å². The third kappa shape index (κ3) is 3.44. The quantitative estimate of drug-likeness (QED) is 0.912. The van der Waals surface area contributed by atoms with E-state index in [0.29, 0.717) is 18.7 Å². The highest BCUT2D eigenvalue weighted by molar-refractivity contribution is 5.94. The zero-order valence-electron chi connectivity index (χ0n) is 13.3. The van der Waals surface area contributed by atoms with Gasteiger partial charge in [-0.05, 0) is 25.0 Å². The van der Waals surface area contributed by atoms with Gasteiger partial charge < -0.3 is 19.9 Å². The molecule has 23 heavy (non-hydrogen) atoms. The first-order chi connectivity index (χ1) is 11.2. The number of nitrogens with one attached hydrogen (secondary N) is 1. The van der Waals surface area contributed by atoms with Crippen LogP contribution in [0.15, 0.2) is 24.5 Å². The summed E-state index contributed by atoms with van der Waals surface area (Å²) in [6.45, 7) is 2.00. The number of rotatable bonds is 3. The van der Waals surface area contributed by atoms with E-state index in [2.05, 4.69) is 10.3 Å². The maximum atomic E-state index is 12.7. The fraction of sp³-hybridized carbons (Fsp3) is 0.562. The summed E-state index contributed by atoms with van der Waals surface area (Å²) in [4.78, 5) is 32.7. The number of likely N-dealkylation sites (tertiary alicyclic amines) is 2. The van der Waals surface area contributed by atoms with Crippen molar-refractivity contribution in [1.82, 2.24) is 14.8 Å². The molecular weight excluding hydrogens is 296 g/mol. The number of methoxy groups -OCH3 is 1. The van der Waals surface area contributed by atoms with E-state index in [1.807, 2.05) is 4.90 Å². The highest BCUT2D eigenvalue weighted by atomic mass is 16.5. The normalized spacial score (nSPS) is 24.0. The first-order valence-electron chi connectivity index (χ1n) is 7.98. The molecular formula is C16H22N4O3.